The summed E-state index contributed by atoms with van der Waals surface area (Å²) < 4.78 is 4.79. The van der Waals surface area contributed by atoms with E-state index in [2.05, 4.69) is 9.79 Å². The van der Waals surface area contributed by atoms with Gasteiger partial charge >= 0.3 is 0 Å². The zero-order valence-corrected chi connectivity index (χ0v) is 5.98. The zero-order valence-electron chi connectivity index (χ0n) is 5.98. The van der Waals surface area contributed by atoms with Crippen LogP contribution in [0.1, 0.15) is 10.4 Å². The van der Waals surface area contributed by atoms with Gasteiger partial charge < -0.3 is 0 Å². The summed E-state index contributed by atoms with van der Waals surface area (Å²) in [7, 11) is 0. The van der Waals surface area contributed by atoms with E-state index < -0.39 is 0 Å². The fraction of sp³-hybridized carbons (Fsp3) is 0. The van der Waals surface area contributed by atoms with Gasteiger partial charge in [0.15, 0.2) is 4.60 Å². The maximum absolute atomic E-state index is 10.8. The van der Waals surface area contributed by atoms with Crippen LogP contribution in [0.5, 0.6) is 0 Å². The molecule has 0 spiro atoms. The summed E-state index contributed by atoms with van der Waals surface area (Å²) in [6, 6.07) is 4.61. The Balaban J connectivity index is 2.86. The van der Waals surface area contributed by atoms with E-state index in [1.54, 1.807) is 12.1 Å². The van der Waals surface area contributed by atoms with Crippen LogP contribution >= 0.6 is 0 Å². The lowest BCUT2D eigenvalue weighted by molar-refractivity contribution is -0.692. The molecule has 2 aromatic rings. The molecule has 1 heterocycles. The number of benzene rings is 1. The summed E-state index contributed by atoms with van der Waals surface area (Å²) >= 11 is 0. The Morgan fingerprint density at radius 1 is 1.50 bits per heavy atom. The highest BCUT2D eigenvalue weighted by Gasteiger charge is 2.09. The van der Waals surface area contributed by atoms with Crippen LogP contribution in [0.2, 0.25) is 0 Å². The fourth-order valence-electron chi connectivity index (χ4n) is 1.01. The Labute approximate surface area is 66.1 Å². The van der Waals surface area contributed by atoms with E-state index in [0.717, 1.165) is 0 Å². The first kappa shape index (κ1) is 6.78. The number of rotatable bonds is 1. The first-order valence-corrected chi connectivity index (χ1v) is 3.31. The smallest absolute Gasteiger partial charge is 0.272 e. The van der Waals surface area contributed by atoms with Gasteiger partial charge in [0.25, 0.3) is 5.52 Å². The van der Waals surface area contributed by atoms with Crippen molar-refractivity contribution in [2.24, 2.45) is 0 Å². The van der Waals surface area contributed by atoms with Gasteiger partial charge in [-0.3, -0.25) is 4.79 Å². The van der Waals surface area contributed by atoms with Crippen LogP contribution in [0.25, 0.3) is 11.0 Å². The van der Waals surface area contributed by atoms with Crippen LogP contribution in [0.3, 0.4) is 0 Å². The summed E-state index contributed by atoms with van der Waals surface area (Å²) in [5.74, 6) is 0. The van der Waals surface area contributed by atoms with Crippen molar-refractivity contribution in [1.82, 2.24) is 5.16 Å². The average Bonchev–Trinajstić information content (AvgIpc) is 2.47. The minimum atomic E-state index is 0.351. The number of H-pyrrole nitrogens is 1. The number of carbonyl (C=O) groups is 1. The topological polar surface area (TPSA) is 69.0 Å². The molecular weight excluding hydrogens is 160 g/mol. The van der Waals surface area contributed by atoms with E-state index in [1.807, 2.05) is 0 Å². The number of aldehydes is 1. The Hall–Kier alpha value is -1.91. The molecule has 5 heteroatoms. The molecule has 0 aliphatic rings. The molecule has 2 rings (SSSR count). The molecule has 5 nitrogen and oxygen atoms in total. The SMILES string of the molecule is O=Cc1ccc2c(c1)[nH]o[n+]2=O. The van der Waals surface area contributed by atoms with Gasteiger partial charge in [-0.05, 0) is 17.0 Å². The normalized spacial score (nSPS) is 10.3. The number of hydrogen-bond acceptors (Lipinski definition) is 3. The van der Waals surface area contributed by atoms with Gasteiger partial charge in [-0.25, -0.2) is 0 Å². The molecule has 1 N–H and O–H groups in total. The van der Waals surface area contributed by atoms with Crippen molar-refractivity contribution in [3.8, 4) is 0 Å². The van der Waals surface area contributed by atoms with Crippen molar-refractivity contribution in [1.29, 1.82) is 0 Å². The lowest BCUT2D eigenvalue weighted by atomic mass is 10.2. The van der Waals surface area contributed by atoms with E-state index in [9.17, 15) is 9.70 Å². The maximum Gasteiger partial charge on any atom is 0.272 e. The average molecular weight is 165 g/mol. The molecule has 0 bridgehead atoms. The third kappa shape index (κ3) is 0.833. The Morgan fingerprint density at radius 2 is 2.33 bits per heavy atom. The van der Waals surface area contributed by atoms with Crippen LogP contribution in [0.4, 0.5) is 0 Å². The van der Waals surface area contributed by atoms with E-state index >= 15 is 0 Å². The highest BCUT2D eigenvalue weighted by molar-refractivity contribution is 5.82. The Kier molecular flexibility index (Phi) is 1.30. The third-order valence-electron chi connectivity index (χ3n) is 1.59. The maximum atomic E-state index is 10.8. The van der Waals surface area contributed by atoms with Crippen molar-refractivity contribution in [2.75, 3.05) is 0 Å². The molecule has 0 aliphatic heterocycles. The number of nitrogens with one attached hydrogen (secondary N) is 1. The molecule has 0 fully saturated rings. The first-order chi connectivity index (χ1) is 5.81. The lowest BCUT2D eigenvalue weighted by Crippen LogP contribution is -2.08. The summed E-state index contributed by atoms with van der Waals surface area (Å²) in [6.07, 6.45) is 0.704. The van der Waals surface area contributed by atoms with Crippen LogP contribution in [-0.2, 0) is 0 Å². The van der Waals surface area contributed by atoms with Crippen molar-refractivity contribution >= 4 is 17.3 Å². The molecule has 1 aromatic carbocycles. The molecule has 0 aliphatic carbocycles. The molecule has 0 radical (unpaired) electrons. The molecule has 0 unspecified atom stereocenters. The quantitative estimate of drug-likeness (QED) is 0.625. The second-order valence-electron chi connectivity index (χ2n) is 2.34. The molecular formula is C7H5N2O3+. The number of hydrogen-bond donors (Lipinski definition) is 1. The predicted octanol–water partition coefficient (Wildman–Crippen LogP) is 0.488. The Bertz CT molecular complexity index is 483. The number of aromatic amines is 1. The summed E-state index contributed by atoms with van der Waals surface area (Å²) in [5.41, 5.74) is 1.38. The van der Waals surface area contributed by atoms with Gasteiger partial charge in [-0.15, -0.1) is 0 Å². The largest absolute Gasteiger partial charge is 0.298 e. The van der Waals surface area contributed by atoms with E-state index in [4.69, 9.17) is 0 Å². The molecule has 0 saturated heterocycles. The van der Waals surface area contributed by atoms with Gasteiger partial charge in [0.2, 0.25) is 5.52 Å². The van der Waals surface area contributed by atoms with Crippen LogP contribution < -0.4 is 4.60 Å². The number of carbonyl (C=O) groups excluding carboxylic acids is 1. The van der Waals surface area contributed by atoms with Crippen LogP contribution in [0, 0.1) is 4.91 Å². The van der Waals surface area contributed by atoms with Crippen molar-refractivity contribution in [3.05, 3.63) is 28.7 Å². The Morgan fingerprint density at radius 3 is 3.08 bits per heavy atom. The molecule has 60 valence electrons. The molecule has 0 amide bonds. The van der Waals surface area contributed by atoms with Crippen molar-refractivity contribution in [2.45, 2.75) is 0 Å². The third-order valence-corrected chi connectivity index (χ3v) is 1.59. The van der Waals surface area contributed by atoms with Crippen LogP contribution in [0.15, 0.2) is 22.8 Å². The van der Waals surface area contributed by atoms with E-state index in [1.165, 1.54) is 6.07 Å². The van der Waals surface area contributed by atoms with Gasteiger partial charge in [-0.2, -0.15) is 0 Å². The van der Waals surface area contributed by atoms with E-state index in [-0.39, 0.29) is 0 Å². The predicted molar refractivity (Wildman–Crippen MR) is 39.3 cm³/mol. The first-order valence-electron chi connectivity index (χ1n) is 3.31. The number of fused-ring (bicyclic) bond motifs is 1. The van der Waals surface area contributed by atoms with Crippen molar-refractivity contribution in [3.63, 3.8) is 0 Å². The van der Waals surface area contributed by atoms with Gasteiger partial charge in [0, 0.05) is 11.6 Å². The number of nitrogens with zero attached hydrogens (tertiary/aromatic N) is 1. The standard InChI is InChI=1S/C7H5N2O3/c10-4-5-1-2-7-6(3-5)8-12-9(7)11/h1-4,8H/q+1. The summed E-state index contributed by atoms with van der Waals surface area (Å²) in [4.78, 5) is 21.1. The highest BCUT2D eigenvalue weighted by Crippen LogP contribution is 2.07. The van der Waals surface area contributed by atoms with E-state index in [0.29, 0.717) is 27.5 Å². The second-order valence-corrected chi connectivity index (χ2v) is 2.34. The van der Waals surface area contributed by atoms with Crippen molar-refractivity contribution < 1.29 is 14.0 Å². The molecule has 12 heavy (non-hydrogen) atoms. The summed E-state index contributed by atoms with van der Waals surface area (Å²) in [6.45, 7) is 0. The monoisotopic (exact) mass is 165 g/mol. The van der Waals surface area contributed by atoms with Gasteiger partial charge in [0.05, 0.1) is 0 Å². The zero-order chi connectivity index (χ0) is 8.55. The molecule has 0 atom stereocenters. The van der Waals surface area contributed by atoms with Crippen LogP contribution in [-0.4, -0.2) is 11.4 Å². The summed E-state index contributed by atoms with van der Waals surface area (Å²) in [5, 5.41) is 2.38. The second kappa shape index (κ2) is 2.30. The molecule has 0 saturated carbocycles. The number of aromatic nitrogens is 2. The fourth-order valence-corrected chi connectivity index (χ4v) is 1.01. The minimum absolute atomic E-state index is 0.351. The lowest BCUT2D eigenvalue weighted by Gasteiger charge is -1.81. The van der Waals surface area contributed by atoms with Gasteiger partial charge in [-0.1, -0.05) is 9.79 Å². The molecule has 1 aromatic heterocycles. The minimum Gasteiger partial charge on any atom is -0.298 e. The highest BCUT2D eigenvalue weighted by atomic mass is 16.7. The van der Waals surface area contributed by atoms with Gasteiger partial charge in [0.1, 0.15) is 6.29 Å².